The van der Waals surface area contributed by atoms with Gasteiger partial charge in [-0.05, 0) is 20.3 Å². The zero-order valence-corrected chi connectivity index (χ0v) is 12.3. The van der Waals surface area contributed by atoms with Gasteiger partial charge in [-0.15, -0.1) is 12.4 Å². The van der Waals surface area contributed by atoms with E-state index in [1.807, 2.05) is 0 Å². The van der Waals surface area contributed by atoms with Crippen LogP contribution >= 0.6 is 12.4 Å². The van der Waals surface area contributed by atoms with E-state index >= 15 is 0 Å². The molecule has 7 heteroatoms. The van der Waals surface area contributed by atoms with Crippen LogP contribution in [0.4, 0.5) is 0 Å². The summed E-state index contributed by atoms with van der Waals surface area (Å²) in [6, 6.07) is -0.367. The Kier molecular flexibility index (Phi) is 7.97. The first kappa shape index (κ1) is 18.1. The van der Waals surface area contributed by atoms with Crippen molar-refractivity contribution in [1.82, 2.24) is 10.6 Å². The van der Waals surface area contributed by atoms with Crippen LogP contribution in [0.3, 0.4) is 0 Å². The van der Waals surface area contributed by atoms with Gasteiger partial charge in [0, 0.05) is 13.1 Å². The minimum absolute atomic E-state index is 0. The van der Waals surface area contributed by atoms with Gasteiger partial charge in [0.25, 0.3) is 0 Å². The zero-order valence-electron chi connectivity index (χ0n) is 11.5. The third-order valence-corrected chi connectivity index (χ3v) is 2.76. The van der Waals surface area contributed by atoms with Crippen LogP contribution in [-0.4, -0.2) is 48.3 Å². The molecule has 1 rings (SSSR count). The first-order valence-electron chi connectivity index (χ1n) is 6.29. The molecular formula is C12H23ClN2O4. The lowest BCUT2D eigenvalue weighted by molar-refractivity contribution is -0.151. The highest BCUT2D eigenvalue weighted by Crippen LogP contribution is 2.06. The van der Waals surface area contributed by atoms with Crippen LogP contribution in [0.15, 0.2) is 0 Å². The van der Waals surface area contributed by atoms with Crippen molar-refractivity contribution in [2.75, 3.05) is 13.1 Å². The predicted octanol–water partition coefficient (Wildman–Crippen LogP) is -0.165. The number of hydrogen-bond donors (Lipinski definition) is 3. The lowest BCUT2D eigenvalue weighted by atomic mass is 10.1. The van der Waals surface area contributed by atoms with Gasteiger partial charge in [-0.2, -0.15) is 0 Å². The van der Waals surface area contributed by atoms with Crippen molar-refractivity contribution >= 4 is 24.3 Å². The van der Waals surface area contributed by atoms with Gasteiger partial charge in [0.1, 0.15) is 0 Å². The smallest absolute Gasteiger partial charge is 0.310 e. The maximum Gasteiger partial charge on any atom is 0.310 e. The van der Waals surface area contributed by atoms with E-state index in [0.717, 1.165) is 0 Å². The molecule has 1 amide bonds. The van der Waals surface area contributed by atoms with Gasteiger partial charge >= 0.3 is 5.97 Å². The van der Waals surface area contributed by atoms with Crippen LogP contribution in [0.1, 0.15) is 27.2 Å². The first-order chi connectivity index (χ1) is 8.40. The molecule has 3 atom stereocenters. The van der Waals surface area contributed by atoms with E-state index in [1.165, 1.54) is 0 Å². The van der Waals surface area contributed by atoms with Gasteiger partial charge in [0.15, 0.2) is 0 Å². The summed E-state index contributed by atoms with van der Waals surface area (Å²) >= 11 is 0. The number of halogens is 1. The molecule has 0 aliphatic carbocycles. The highest BCUT2D eigenvalue weighted by Gasteiger charge is 2.28. The third-order valence-electron chi connectivity index (χ3n) is 2.76. The molecule has 3 unspecified atom stereocenters. The van der Waals surface area contributed by atoms with Crippen molar-refractivity contribution in [3.8, 4) is 0 Å². The van der Waals surface area contributed by atoms with Crippen LogP contribution in [0.25, 0.3) is 0 Å². The molecule has 0 bridgehead atoms. The molecule has 1 heterocycles. The fourth-order valence-electron chi connectivity index (χ4n) is 1.73. The van der Waals surface area contributed by atoms with Crippen LogP contribution in [0.5, 0.6) is 0 Å². The number of amides is 1. The fourth-order valence-corrected chi connectivity index (χ4v) is 1.73. The van der Waals surface area contributed by atoms with Crippen LogP contribution < -0.4 is 10.6 Å². The van der Waals surface area contributed by atoms with E-state index in [1.54, 1.807) is 20.8 Å². The maximum absolute atomic E-state index is 11.7. The summed E-state index contributed by atoms with van der Waals surface area (Å²) in [4.78, 5) is 23.2. The summed E-state index contributed by atoms with van der Waals surface area (Å²) < 4.78 is 5.04. The summed E-state index contributed by atoms with van der Waals surface area (Å²) in [6.07, 6.45) is -0.206. The molecule has 1 saturated heterocycles. The van der Waals surface area contributed by atoms with Crippen molar-refractivity contribution in [3.05, 3.63) is 0 Å². The molecule has 0 saturated carbocycles. The number of carbonyl (C=O) groups is 2. The number of hydrogen-bond acceptors (Lipinski definition) is 5. The zero-order chi connectivity index (χ0) is 13.7. The van der Waals surface area contributed by atoms with Gasteiger partial charge in [-0.25, -0.2) is 0 Å². The summed E-state index contributed by atoms with van der Waals surface area (Å²) in [6.45, 7) is 5.96. The van der Waals surface area contributed by atoms with E-state index in [2.05, 4.69) is 10.6 Å². The predicted molar refractivity (Wildman–Crippen MR) is 73.1 cm³/mol. The lowest BCUT2D eigenvalue weighted by Crippen LogP contribution is -2.43. The normalized spacial score (nSPS) is 23.6. The molecular weight excluding hydrogens is 272 g/mol. The summed E-state index contributed by atoms with van der Waals surface area (Å²) in [5.41, 5.74) is 0. The average Bonchev–Trinajstić information content (AvgIpc) is 2.71. The number of rotatable bonds is 5. The molecule has 0 spiro atoms. The Balaban J connectivity index is 0.00000324. The SMILES string of the molecule is CC(C)OC(=O)C(C)CNC(=O)C1CC(O)CN1.Cl. The second-order valence-corrected chi connectivity index (χ2v) is 4.98. The van der Waals surface area contributed by atoms with Crippen molar-refractivity contribution in [3.63, 3.8) is 0 Å². The number of aliphatic hydroxyl groups excluding tert-OH is 1. The minimum atomic E-state index is -0.468. The molecule has 1 aliphatic heterocycles. The molecule has 1 aliphatic rings. The minimum Gasteiger partial charge on any atom is -0.463 e. The Bertz CT molecular complexity index is 312. The highest BCUT2D eigenvalue weighted by atomic mass is 35.5. The van der Waals surface area contributed by atoms with Crippen molar-refractivity contribution in [1.29, 1.82) is 0 Å². The van der Waals surface area contributed by atoms with Gasteiger partial charge in [-0.1, -0.05) is 6.92 Å². The van der Waals surface area contributed by atoms with Crippen molar-refractivity contribution < 1.29 is 19.4 Å². The number of β-amino-alcohol motifs (C(OH)–C–C–N with tert-alkyl or cyclic N) is 1. The highest BCUT2D eigenvalue weighted by molar-refractivity contribution is 5.85. The van der Waals surface area contributed by atoms with Crippen LogP contribution in [0, 0.1) is 5.92 Å². The van der Waals surface area contributed by atoms with E-state index in [4.69, 9.17) is 4.74 Å². The van der Waals surface area contributed by atoms with E-state index in [9.17, 15) is 14.7 Å². The summed E-state index contributed by atoms with van der Waals surface area (Å²) in [5.74, 6) is -0.872. The Hall–Kier alpha value is -0.850. The second-order valence-electron chi connectivity index (χ2n) is 4.98. The first-order valence-corrected chi connectivity index (χ1v) is 6.29. The van der Waals surface area contributed by atoms with E-state index in [-0.39, 0.29) is 48.9 Å². The second kappa shape index (κ2) is 8.35. The largest absolute Gasteiger partial charge is 0.463 e. The molecule has 19 heavy (non-hydrogen) atoms. The summed E-state index contributed by atoms with van der Waals surface area (Å²) in [7, 11) is 0. The van der Waals surface area contributed by atoms with Gasteiger partial charge in [0.05, 0.1) is 24.2 Å². The Morgan fingerprint density at radius 3 is 2.53 bits per heavy atom. The number of carbonyl (C=O) groups excluding carboxylic acids is 2. The van der Waals surface area contributed by atoms with Gasteiger partial charge in [0.2, 0.25) is 5.91 Å². The molecule has 0 aromatic heterocycles. The molecule has 0 aromatic carbocycles. The summed E-state index contributed by atoms with van der Waals surface area (Å²) in [5, 5.41) is 14.9. The third kappa shape index (κ3) is 6.22. The molecule has 0 radical (unpaired) electrons. The average molecular weight is 295 g/mol. The Morgan fingerprint density at radius 1 is 1.42 bits per heavy atom. The fraction of sp³-hybridized carbons (Fsp3) is 0.833. The topological polar surface area (TPSA) is 87.7 Å². The lowest BCUT2D eigenvalue weighted by Gasteiger charge is -2.16. The molecule has 1 fully saturated rings. The molecule has 0 aromatic rings. The number of nitrogens with one attached hydrogen (secondary N) is 2. The Morgan fingerprint density at radius 2 is 2.05 bits per heavy atom. The molecule has 6 nitrogen and oxygen atoms in total. The molecule has 3 N–H and O–H groups in total. The van der Waals surface area contributed by atoms with Crippen LogP contribution in [0.2, 0.25) is 0 Å². The monoisotopic (exact) mass is 294 g/mol. The molecule has 112 valence electrons. The van der Waals surface area contributed by atoms with Gasteiger partial charge in [-0.3, -0.25) is 9.59 Å². The quantitative estimate of drug-likeness (QED) is 0.613. The number of esters is 1. The Labute approximate surface area is 119 Å². The van der Waals surface area contributed by atoms with Crippen molar-refractivity contribution in [2.24, 2.45) is 5.92 Å². The van der Waals surface area contributed by atoms with Crippen molar-refractivity contribution in [2.45, 2.75) is 45.4 Å². The standard InChI is InChI=1S/C12H22N2O4.ClH/c1-7(2)18-12(17)8(3)5-14-11(16)10-4-9(15)6-13-10;/h7-10,13,15H,4-6H2,1-3H3,(H,14,16);1H. The maximum atomic E-state index is 11.7. The number of aliphatic hydroxyl groups is 1. The number of ether oxygens (including phenoxy) is 1. The van der Waals surface area contributed by atoms with Gasteiger partial charge < -0.3 is 20.5 Å². The van der Waals surface area contributed by atoms with Crippen LogP contribution in [-0.2, 0) is 14.3 Å². The van der Waals surface area contributed by atoms with E-state index in [0.29, 0.717) is 13.0 Å². The van der Waals surface area contributed by atoms with E-state index < -0.39 is 6.10 Å².